The van der Waals surface area contributed by atoms with E-state index in [0.717, 1.165) is 22.7 Å². The summed E-state index contributed by atoms with van der Waals surface area (Å²) in [6.07, 6.45) is 0. The van der Waals surface area contributed by atoms with Crippen LogP contribution in [0.4, 0.5) is 0 Å². The fraction of sp³-hybridized carbons (Fsp3) is 1.00. The van der Waals surface area contributed by atoms with Crippen LogP contribution in [-0.2, 0) is 13.0 Å². The Kier molecular flexibility index (Phi) is 0.414. The van der Waals surface area contributed by atoms with Gasteiger partial charge < -0.3 is 0 Å². The van der Waals surface area contributed by atoms with Crippen molar-refractivity contribution in [2.45, 2.75) is 150 Å². The van der Waals surface area contributed by atoms with E-state index in [1.54, 1.807) is 0 Å². The molecule has 0 aromatic rings. The predicted molar refractivity (Wildman–Crippen MR) is 123 cm³/mol. The van der Waals surface area contributed by atoms with Gasteiger partial charge in [0.2, 0.25) is 0 Å². The summed E-state index contributed by atoms with van der Waals surface area (Å²) in [5.41, 5.74) is 2.14. The Morgan fingerprint density at radius 2 is 0.606 bits per heavy atom. The summed E-state index contributed by atoms with van der Waals surface area (Å²) in [6, 6.07) is 0. The van der Waals surface area contributed by atoms with Gasteiger partial charge in [-0.15, -0.1) is 0 Å². The molecule has 0 nitrogen and oxygen atoms in total. The first-order valence-electron chi connectivity index (χ1n) is 15.3. The van der Waals surface area contributed by atoms with Gasteiger partial charge in [-0.1, -0.05) is 0 Å². The van der Waals surface area contributed by atoms with Crippen molar-refractivity contribution in [2.75, 3.05) is 0 Å². The second-order valence-electron chi connectivity index (χ2n) is 25.6. The van der Waals surface area contributed by atoms with Gasteiger partial charge in [0, 0.05) is 0 Å². The van der Waals surface area contributed by atoms with Gasteiger partial charge >= 0.3 is 179 Å². The number of hydrogen-bond donors (Lipinski definition) is 0. The first-order chi connectivity index (χ1) is 14.9. The molecule has 20 saturated heterocycles. The quantitative estimate of drug-likeness (QED) is 0.315. The van der Waals surface area contributed by atoms with Crippen LogP contribution in [0.3, 0.4) is 0 Å². The zero-order valence-corrected chi connectivity index (χ0v) is 23.7. The van der Waals surface area contributed by atoms with Crippen LogP contribution in [0, 0.1) is 16.2 Å². The average Bonchev–Trinajstić information content (AvgIpc) is 3.58. The minimum atomic E-state index is -3.45. The van der Waals surface area contributed by atoms with E-state index in [4.69, 9.17) is 0 Å². The van der Waals surface area contributed by atoms with Crippen LogP contribution in [0.2, 0.25) is 94.3 Å². The topological polar surface area (TPSA) is 0 Å². The van der Waals surface area contributed by atoms with Gasteiger partial charge in [0.15, 0.2) is 0 Å². The van der Waals surface area contributed by atoms with Crippen LogP contribution in [-0.4, -0.2) is 0 Å². The van der Waals surface area contributed by atoms with E-state index in [0.29, 0.717) is 10.8 Å². The summed E-state index contributed by atoms with van der Waals surface area (Å²) >= 11 is 0. The van der Waals surface area contributed by atoms with Crippen molar-refractivity contribution in [2.24, 2.45) is 16.2 Å². The first kappa shape index (κ1) is 13.2. The molecule has 0 N–H and O–H groups in total. The van der Waals surface area contributed by atoms with Crippen molar-refractivity contribution in [1.82, 2.24) is 0 Å². The van der Waals surface area contributed by atoms with Crippen molar-refractivity contribution in [1.29, 1.82) is 0 Å². The molecule has 180 valence electrons. The molecule has 0 bridgehead atoms. The van der Waals surface area contributed by atoms with Crippen LogP contribution in [0.15, 0.2) is 0 Å². The van der Waals surface area contributed by atoms with Crippen molar-refractivity contribution in [3.63, 3.8) is 0 Å². The van der Waals surface area contributed by atoms with Gasteiger partial charge in [0.25, 0.3) is 0 Å². The molecule has 20 heterocycles. The van der Waals surface area contributed by atoms with E-state index < -0.39 is 13.0 Å². The Morgan fingerprint density at radius 3 is 0.758 bits per heavy atom. The van der Waals surface area contributed by atoms with Gasteiger partial charge in [0.1, 0.15) is 0 Å². The average molecular weight is 524 g/mol. The third kappa shape index (κ3) is 0.132. The normalized spacial score (nSPS) is 129. The van der Waals surface area contributed by atoms with E-state index in [1.165, 1.54) is 77.1 Å². The zero-order chi connectivity index (χ0) is 21.4. The molecule has 2 heteroatoms. The fourth-order valence-electron chi connectivity index (χ4n) is 41.6. The molecular weight excluding hydrogens is 484 g/mol. The molecule has 20 aliphatic rings. The summed E-state index contributed by atoms with van der Waals surface area (Å²) in [4.78, 5) is 23.8. The summed E-state index contributed by atoms with van der Waals surface area (Å²) in [5.74, 6) is 0. The second kappa shape index (κ2) is 1.03. The molecule has 0 aromatic heterocycles. The maximum absolute atomic E-state index is 3.45. The first-order valence-corrected chi connectivity index (χ1v) is 27.7. The summed E-state index contributed by atoms with van der Waals surface area (Å²) in [6.45, 7) is 16.6. The van der Waals surface area contributed by atoms with Crippen molar-refractivity contribution in [3.8, 4) is 0 Å². The van der Waals surface area contributed by atoms with Crippen LogP contribution in [0.5, 0.6) is 0 Å². The zero-order valence-electron chi connectivity index (χ0n) is 21.4. The van der Waals surface area contributed by atoms with Crippen molar-refractivity contribution < 1.29 is 13.0 Å². The van der Waals surface area contributed by atoms with Gasteiger partial charge in [-0.3, -0.25) is 0 Å². The van der Waals surface area contributed by atoms with E-state index in [1.807, 2.05) is 0 Å². The Balaban J connectivity index is 1.11. The van der Waals surface area contributed by atoms with Crippen LogP contribution >= 0.6 is 0 Å². The Hall–Kier alpha value is 1.04. The fourth-order valence-corrected chi connectivity index (χ4v) is 205. The standard InChI is InChI=1S/C21H30.2C5H5.2Fe/c1-19(2,3)15-11-9-13-17(15)21(7,8)18-14-10-12-16(18)20(4,5)6;2*1-2-4-5-3-1;;/h9-14H,1-8H3;2*1-5H;;. The third-order valence-electron chi connectivity index (χ3n) is 33.7. The number of hydrogen-bond acceptors (Lipinski definition) is 0. The third-order valence-corrected chi connectivity index (χ3v) is 121. The Labute approximate surface area is 178 Å². The van der Waals surface area contributed by atoms with Crippen LogP contribution in [0.25, 0.3) is 0 Å². The van der Waals surface area contributed by atoms with Gasteiger partial charge in [-0.2, -0.15) is 0 Å². The Bertz CT molecular complexity index is 2180. The molecule has 20 aliphatic heterocycles. The molecule has 0 aliphatic carbocycles. The molecule has 33 heavy (non-hydrogen) atoms. The molecule has 0 saturated carbocycles. The van der Waals surface area contributed by atoms with Crippen molar-refractivity contribution in [3.05, 3.63) is 0 Å². The molecule has 10 unspecified atom stereocenters. The summed E-state index contributed by atoms with van der Waals surface area (Å²) in [7, 11) is 0. The monoisotopic (exact) mass is 524 g/mol. The van der Waals surface area contributed by atoms with Gasteiger partial charge in [-0.25, -0.2) is 0 Å². The summed E-state index contributed by atoms with van der Waals surface area (Å²) < 4.78 is 4.19. The van der Waals surface area contributed by atoms with Crippen LogP contribution in [0.1, 0.15) is 55.4 Å². The van der Waals surface area contributed by atoms with E-state index >= 15 is 0 Å². The van der Waals surface area contributed by atoms with Gasteiger partial charge in [0.05, 0.1) is 0 Å². The van der Waals surface area contributed by atoms with E-state index in [2.05, 4.69) is 55.4 Å². The molecule has 10 atom stereocenters. The molecular formula is C31H40Fe2. The van der Waals surface area contributed by atoms with Gasteiger partial charge in [-0.05, 0) is 0 Å². The summed E-state index contributed by atoms with van der Waals surface area (Å²) in [5, 5.41) is 0. The number of fused-ring (bicyclic) bond motifs is 20. The number of rotatable bonds is 2. The minimum absolute atomic E-state index is 0.664. The maximum atomic E-state index is 3.18. The molecule has 2 spiro atoms. The van der Waals surface area contributed by atoms with E-state index in [9.17, 15) is 0 Å². The second-order valence-corrected chi connectivity index (χ2v) is 72.0. The molecule has 20 rings (SSSR count). The molecule has 0 aromatic carbocycles. The van der Waals surface area contributed by atoms with Crippen molar-refractivity contribution >= 4 is 0 Å². The molecule has 20 fully saturated rings. The SMILES string of the molecule is CC(C)(C)[C]12[CH]3[CH]4[CH]5[C]1(C(C)(C)[C]16[CH]7[CH]8[CH]9[C]1(C(C)(C)C)[Fe]89761%10%11%12[CH]6[CH]1[CH]%10[CH]%11[CH]6%12)[Fe]43521678[CH]2[CH]1[CH]6[CH]7[CH]28. The Morgan fingerprint density at radius 1 is 0.364 bits per heavy atom. The predicted octanol–water partition coefficient (Wildman–Crippen LogP) is 10.4. The molecule has 0 radical (unpaired) electrons. The van der Waals surface area contributed by atoms with E-state index in [-0.39, 0.29) is 0 Å². The molecule has 0 amide bonds. The van der Waals surface area contributed by atoms with Crippen LogP contribution < -0.4 is 0 Å².